The first-order valence-electron chi connectivity index (χ1n) is 6.66. The Labute approximate surface area is 108 Å². The van der Waals surface area contributed by atoms with Gasteiger partial charge in [-0.05, 0) is 37.0 Å². The van der Waals surface area contributed by atoms with E-state index in [1.807, 2.05) is 18.2 Å². The first-order valence-corrected chi connectivity index (χ1v) is 6.66. The van der Waals surface area contributed by atoms with E-state index in [0.717, 1.165) is 44.0 Å². The molecule has 0 saturated heterocycles. The highest BCUT2D eigenvalue weighted by Crippen LogP contribution is 2.37. The second-order valence-corrected chi connectivity index (χ2v) is 4.90. The Morgan fingerprint density at radius 2 is 2.06 bits per heavy atom. The lowest BCUT2D eigenvalue weighted by Crippen LogP contribution is -2.35. The molecule has 0 amide bonds. The van der Waals surface area contributed by atoms with Crippen LogP contribution in [0.2, 0.25) is 0 Å². The molecule has 2 atom stereocenters. The predicted octanol–water partition coefficient (Wildman–Crippen LogP) is 2.57. The first kappa shape index (κ1) is 11.6. The van der Waals surface area contributed by atoms with Gasteiger partial charge in [0.15, 0.2) is 0 Å². The van der Waals surface area contributed by atoms with Crippen molar-refractivity contribution in [1.82, 2.24) is 0 Å². The van der Waals surface area contributed by atoms with Gasteiger partial charge in [0.2, 0.25) is 0 Å². The number of benzene rings is 1. The van der Waals surface area contributed by atoms with Crippen LogP contribution in [0.15, 0.2) is 36.1 Å². The molecule has 0 bridgehead atoms. The van der Waals surface area contributed by atoms with E-state index in [2.05, 4.69) is 12.1 Å². The molecule has 0 spiro atoms. The molecule has 0 saturated carbocycles. The predicted molar refractivity (Wildman–Crippen MR) is 70.5 cm³/mol. The van der Waals surface area contributed by atoms with Crippen LogP contribution in [0.25, 0.3) is 0 Å². The Morgan fingerprint density at radius 3 is 2.89 bits per heavy atom. The Balaban J connectivity index is 1.86. The molecule has 3 nitrogen and oxygen atoms in total. The number of allylic oxidation sites excluding steroid dienone is 1. The smallest absolute Gasteiger partial charge is 0.122 e. The third-order valence-corrected chi connectivity index (χ3v) is 3.73. The fourth-order valence-corrected chi connectivity index (χ4v) is 2.75. The monoisotopic (exact) mass is 245 g/mol. The Bertz CT molecular complexity index is 456. The molecular formula is C15H19NO2. The summed E-state index contributed by atoms with van der Waals surface area (Å²) in [5.74, 6) is 2.24. The van der Waals surface area contributed by atoms with Gasteiger partial charge in [-0.1, -0.05) is 18.2 Å². The van der Waals surface area contributed by atoms with E-state index in [-0.39, 0.29) is 6.04 Å². The number of hydrogen-bond acceptors (Lipinski definition) is 3. The maximum atomic E-state index is 6.39. The third kappa shape index (κ3) is 2.10. The second kappa shape index (κ2) is 5.02. The van der Waals surface area contributed by atoms with Gasteiger partial charge < -0.3 is 15.2 Å². The highest BCUT2D eigenvalue weighted by atomic mass is 16.5. The van der Waals surface area contributed by atoms with Crippen LogP contribution in [0.3, 0.4) is 0 Å². The lowest BCUT2D eigenvalue weighted by atomic mass is 9.85. The molecule has 2 aliphatic heterocycles. The number of fused-ring (bicyclic) bond motifs is 1. The molecule has 96 valence electrons. The number of para-hydroxylation sites is 1. The molecule has 3 rings (SSSR count). The molecule has 0 radical (unpaired) electrons. The van der Waals surface area contributed by atoms with Gasteiger partial charge in [0.1, 0.15) is 11.5 Å². The van der Waals surface area contributed by atoms with E-state index < -0.39 is 0 Å². The first-order chi connectivity index (χ1) is 8.86. The topological polar surface area (TPSA) is 44.5 Å². The fraction of sp³-hybridized carbons (Fsp3) is 0.467. The third-order valence-electron chi connectivity index (χ3n) is 3.73. The minimum Gasteiger partial charge on any atom is -0.497 e. The zero-order valence-corrected chi connectivity index (χ0v) is 10.5. The zero-order valence-electron chi connectivity index (χ0n) is 10.5. The second-order valence-electron chi connectivity index (χ2n) is 4.90. The van der Waals surface area contributed by atoms with Crippen molar-refractivity contribution < 1.29 is 9.47 Å². The molecule has 2 unspecified atom stereocenters. The molecule has 2 N–H and O–H groups in total. The van der Waals surface area contributed by atoms with Gasteiger partial charge in [-0.2, -0.15) is 0 Å². The van der Waals surface area contributed by atoms with Gasteiger partial charge in [0, 0.05) is 5.92 Å². The Morgan fingerprint density at radius 1 is 1.17 bits per heavy atom. The maximum absolute atomic E-state index is 6.39. The van der Waals surface area contributed by atoms with Crippen molar-refractivity contribution in [2.75, 3.05) is 13.2 Å². The molecule has 0 fully saturated rings. The fourth-order valence-electron chi connectivity index (χ4n) is 2.75. The van der Waals surface area contributed by atoms with E-state index in [4.69, 9.17) is 15.2 Å². The van der Waals surface area contributed by atoms with E-state index in [1.54, 1.807) is 0 Å². The summed E-state index contributed by atoms with van der Waals surface area (Å²) in [6, 6.07) is 8.13. The molecule has 1 aromatic rings. The SMILES string of the molecule is NC(C1=CCCCO1)C1CCOc2ccccc21. The van der Waals surface area contributed by atoms with E-state index in [0.29, 0.717) is 5.92 Å². The summed E-state index contributed by atoms with van der Waals surface area (Å²) < 4.78 is 11.4. The van der Waals surface area contributed by atoms with E-state index in [1.165, 1.54) is 5.56 Å². The minimum atomic E-state index is -0.0460. The zero-order chi connectivity index (χ0) is 12.4. The standard InChI is InChI=1S/C15H19NO2/c16-15(14-7-3-4-9-17-14)12-8-10-18-13-6-2-1-5-11(12)13/h1-2,5-7,12,15H,3-4,8-10,16H2. The maximum Gasteiger partial charge on any atom is 0.122 e. The van der Waals surface area contributed by atoms with Crippen LogP contribution in [0, 0.1) is 0 Å². The van der Waals surface area contributed by atoms with Crippen LogP contribution in [0.4, 0.5) is 0 Å². The van der Waals surface area contributed by atoms with Gasteiger partial charge in [-0.3, -0.25) is 0 Å². The van der Waals surface area contributed by atoms with Crippen LogP contribution in [-0.2, 0) is 4.74 Å². The lowest BCUT2D eigenvalue weighted by Gasteiger charge is -2.32. The summed E-state index contributed by atoms with van der Waals surface area (Å²) in [5.41, 5.74) is 7.60. The summed E-state index contributed by atoms with van der Waals surface area (Å²) in [5, 5.41) is 0. The molecule has 0 aliphatic carbocycles. The molecule has 18 heavy (non-hydrogen) atoms. The van der Waals surface area contributed by atoms with Crippen molar-refractivity contribution in [2.24, 2.45) is 5.73 Å². The number of rotatable bonds is 2. The van der Waals surface area contributed by atoms with Crippen molar-refractivity contribution in [3.8, 4) is 5.75 Å². The van der Waals surface area contributed by atoms with Crippen LogP contribution >= 0.6 is 0 Å². The number of nitrogens with two attached hydrogens (primary N) is 1. The minimum absolute atomic E-state index is 0.0460. The average molecular weight is 245 g/mol. The summed E-state index contributed by atoms with van der Waals surface area (Å²) in [7, 11) is 0. The van der Waals surface area contributed by atoms with Crippen LogP contribution in [0.1, 0.15) is 30.7 Å². The van der Waals surface area contributed by atoms with Crippen molar-refractivity contribution >= 4 is 0 Å². The van der Waals surface area contributed by atoms with Crippen molar-refractivity contribution in [3.63, 3.8) is 0 Å². The van der Waals surface area contributed by atoms with Crippen LogP contribution in [0.5, 0.6) is 5.75 Å². The number of hydrogen-bond donors (Lipinski definition) is 1. The largest absolute Gasteiger partial charge is 0.497 e. The molecule has 0 aromatic heterocycles. The van der Waals surface area contributed by atoms with Crippen molar-refractivity contribution in [3.05, 3.63) is 41.7 Å². The normalized spacial score (nSPS) is 24.3. The quantitative estimate of drug-likeness (QED) is 0.871. The van der Waals surface area contributed by atoms with Crippen LogP contribution in [-0.4, -0.2) is 19.3 Å². The Kier molecular flexibility index (Phi) is 3.24. The number of ether oxygens (including phenoxy) is 2. The van der Waals surface area contributed by atoms with Crippen molar-refractivity contribution in [2.45, 2.75) is 31.2 Å². The lowest BCUT2D eigenvalue weighted by molar-refractivity contribution is 0.161. The van der Waals surface area contributed by atoms with E-state index in [9.17, 15) is 0 Å². The molecular weight excluding hydrogens is 226 g/mol. The average Bonchev–Trinajstić information content (AvgIpc) is 2.47. The van der Waals surface area contributed by atoms with Gasteiger partial charge in [0.05, 0.1) is 19.3 Å². The molecule has 1 aromatic carbocycles. The van der Waals surface area contributed by atoms with Gasteiger partial charge >= 0.3 is 0 Å². The van der Waals surface area contributed by atoms with Crippen molar-refractivity contribution in [1.29, 1.82) is 0 Å². The molecule has 3 heteroatoms. The highest BCUT2D eigenvalue weighted by Gasteiger charge is 2.30. The summed E-state index contributed by atoms with van der Waals surface area (Å²) in [6.45, 7) is 1.53. The molecule has 2 aliphatic rings. The van der Waals surface area contributed by atoms with Gasteiger partial charge in [-0.25, -0.2) is 0 Å². The summed E-state index contributed by atoms with van der Waals surface area (Å²) >= 11 is 0. The Hall–Kier alpha value is -1.48. The van der Waals surface area contributed by atoms with Crippen LogP contribution < -0.4 is 10.5 Å². The summed E-state index contributed by atoms with van der Waals surface area (Å²) in [4.78, 5) is 0. The summed E-state index contributed by atoms with van der Waals surface area (Å²) in [6.07, 6.45) is 5.28. The van der Waals surface area contributed by atoms with E-state index >= 15 is 0 Å². The molecule has 2 heterocycles. The van der Waals surface area contributed by atoms with Gasteiger partial charge in [-0.15, -0.1) is 0 Å². The highest BCUT2D eigenvalue weighted by molar-refractivity contribution is 5.39. The van der Waals surface area contributed by atoms with Gasteiger partial charge in [0.25, 0.3) is 0 Å².